The van der Waals surface area contributed by atoms with Crippen LogP contribution >= 0.6 is 0 Å². The van der Waals surface area contributed by atoms with Gasteiger partial charge in [0.2, 0.25) is 0 Å². The van der Waals surface area contributed by atoms with Crippen LogP contribution in [0.1, 0.15) is 5.56 Å². The second-order valence-corrected chi connectivity index (χ2v) is 2.94. The van der Waals surface area contributed by atoms with Crippen LogP contribution in [0.2, 0.25) is 0 Å². The number of nitrogens with two attached hydrogens (primary N) is 1. The Morgan fingerprint density at radius 2 is 1.93 bits per heavy atom. The van der Waals surface area contributed by atoms with Crippen molar-refractivity contribution in [2.45, 2.75) is 12.6 Å². The Hall–Kier alpha value is -1.72. The van der Waals surface area contributed by atoms with Gasteiger partial charge in [-0.3, -0.25) is 0 Å². The summed E-state index contributed by atoms with van der Waals surface area (Å²) in [4.78, 5) is 10.5. The first kappa shape index (κ1) is 11.4. The van der Waals surface area contributed by atoms with E-state index in [1.54, 1.807) is 0 Å². The van der Waals surface area contributed by atoms with Crippen molar-refractivity contribution >= 4 is 11.7 Å². The Morgan fingerprint density at radius 3 is 2.47 bits per heavy atom. The molecule has 82 valence electrons. The fraction of sp³-hybridized carbons (Fsp3) is 0.222. The lowest BCUT2D eigenvalue weighted by Gasteiger charge is -2.11. The number of amides is 2. The van der Waals surface area contributed by atoms with Crippen molar-refractivity contribution < 1.29 is 18.0 Å². The van der Waals surface area contributed by atoms with Crippen molar-refractivity contribution in [1.29, 1.82) is 0 Å². The molecule has 0 saturated carbocycles. The van der Waals surface area contributed by atoms with E-state index in [9.17, 15) is 18.0 Å². The number of anilines is 1. The summed E-state index contributed by atoms with van der Waals surface area (Å²) in [6, 6.07) is 4.76. The summed E-state index contributed by atoms with van der Waals surface area (Å²) >= 11 is 0. The quantitative estimate of drug-likeness (QED) is 0.786. The second-order valence-electron chi connectivity index (χ2n) is 2.94. The van der Waals surface area contributed by atoms with Crippen LogP contribution in [-0.2, 0) is 6.42 Å². The minimum Gasteiger partial charge on any atom is -0.351 e. The van der Waals surface area contributed by atoms with Crippen LogP contribution < -0.4 is 11.1 Å². The lowest BCUT2D eigenvalue weighted by atomic mass is 10.1. The van der Waals surface area contributed by atoms with E-state index in [2.05, 4.69) is 5.32 Å². The third-order valence-electron chi connectivity index (χ3n) is 1.67. The molecule has 3 nitrogen and oxygen atoms in total. The molecule has 0 aliphatic carbocycles. The molecule has 3 N–H and O–H groups in total. The number of urea groups is 1. The molecule has 0 aliphatic rings. The van der Waals surface area contributed by atoms with Crippen molar-refractivity contribution in [2.75, 3.05) is 5.32 Å². The van der Waals surface area contributed by atoms with Gasteiger partial charge in [-0.2, -0.15) is 13.2 Å². The molecule has 1 rings (SSSR count). The normalized spacial score (nSPS) is 11.1. The van der Waals surface area contributed by atoms with Crippen LogP contribution in [0.4, 0.5) is 23.7 Å². The number of benzene rings is 1. The molecule has 0 heterocycles. The number of carbonyl (C=O) groups excluding carboxylic acids is 1. The zero-order valence-electron chi connectivity index (χ0n) is 7.64. The summed E-state index contributed by atoms with van der Waals surface area (Å²) in [6.45, 7) is 0. The molecule has 0 aliphatic heterocycles. The first-order valence-corrected chi connectivity index (χ1v) is 4.09. The zero-order valence-corrected chi connectivity index (χ0v) is 7.64. The average Bonchev–Trinajstić information content (AvgIpc) is 2.05. The summed E-state index contributed by atoms with van der Waals surface area (Å²) in [7, 11) is 0. The molecule has 0 unspecified atom stereocenters. The Labute approximate surface area is 84.1 Å². The average molecular weight is 218 g/mol. The topological polar surface area (TPSA) is 55.1 Å². The molecule has 0 fully saturated rings. The number of carbonyl (C=O) groups is 1. The van der Waals surface area contributed by atoms with Gasteiger partial charge in [0.1, 0.15) is 0 Å². The minimum absolute atomic E-state index is 0.0104. The number of para-hydroxylation sites is 1. The largest absolute Gasteiger partial charge is 0.393 e. The van der Waals surface area contributed by atoms with Gasteiger partial charge in [-0.05, 0) is 11.6 Å². The second kappa shape index (κ2) is 4.20. The summed E-state index contributed by atoms with van der Waals surface area (Å²) in [5, 5.41) is 2.13. The molecule has 0 spiro atoms. The van der Waals surface area contributed by atoms with Crippen LogP contribution in [0.15, 0.2) is 24.3 Å². The number of rotatable bonds is 2. The first-order chi connectivity index (χ1) is 6.88. The highest BCUT2D eigenvalue weighted by Gasteiger charge is 2.28. The van der Waals surface area contributed by atoms with Crippen LogP contribution in [-0.4, -0.2) is 12.2 Å². The predicted octanol–water partition coefficient (Wildman–Crippen LogP) is 2.28. The smallest absolute Gasteiger partial charge is 0.351 e. The van der Waals surface area contributed by atoms with Crippen LogP contribution in [0.5, 0.6) is 0 Å². The molecular formula is C9H9F3N2O. The summed E-state index contributed by atoms with van der Waals surface area (Å²) in [5.41, 5.74) is 4.90. The Kier molecular flexibility index (Phi) is 3.18. The molecule has 0 bridgehead atoms. The molecule has 0 atom stereocenters. The number of hydrogen-bond acceptors (Lipinski definition) is 1. The van der Waals surface area contributed by atoms with Gasteiger partial charge in [-0.25, -0.2) is 4.79 Å². The Morgan fingerprint density at radius 1 is 1.33 bits per heavy atom. The van der Waals surface area contributed by atoms with Crippen LogP contribution in [0, 0.1) is 0 Å². The van der Waals surface area contributed by atoms with E-state index in [1.165, 1.54) is 24.3 Å². The van der Waals surface area contributed by atoms with Gasteiger partial charge in [0.25, 0.3) is 0 Å². The van der Waals surface area contributed by atoms with Crippen LogP contribution in [0.3, 0.4) is 0 Å². The van der Waals surface area contributed by atoms with Gasteiger partial charge in [-0.15, -0.1) is 0 Å². The molecule has 1 aromatic carbocycles. The van der Waals surface area contributed by atoms with E-state index in [-0.39, 0.29) is 11.3 Å². The van der Waals surface area contributed by atoms with Crippen molar-refractivity contribution in [3.63, 3.8) is 0 Å². The number of halogens is 3. The van der Waals surface area contributed by atoms with E-state index in [0.717, 1.165) is 0 Å². The van der Waals surface area contributed by atoms with Gasteiger partial charge in [-0.1, -0.05) is 18.2 Å². The van der Waals surface area contributed by atoms with E-state index in [0.29, 0.717) is 0 Å². The molecule has 6 heteroatoms. The van der Waals surface area contributed by atoms with E-state index in [1.807, 2.05) is 0 Å². The summed E-state index contributed by atoms with van der Waals surface area (Å²) in [6.07, 6.45) is -5.40. The third-order valence-corrected chi connectivity index (χ3v) is 1.67. The predicted molar refractivity (Wildman–Crippen MR) is 49.4 cm³/mol. The van der Waals surface area contributed by atoms with Gasteiger partial charge in [0.15, 0.2) is 0 Å². The maximum Gasteiger partial charge on any atom is 0.393 e. The number of primary amides is 1. The lowest BCUT2D eigenvalue weighted by Crippen LogP contribution is -2.21. The standard InChI is InChI=1S/C9H9F3N2O/c10-9(11,12)5-6-3-1-2-4-7(6)14-8(13)15/h1-4H,5H2,(H3,13,14,15). The van der Waals surface area contributed by atoms with E-state index >= 15 is 0 Å². The fourth-order valence-corrected chi connectivity index (χ4v) is 1.15. The Balaban J connectivity index is 2.91. The molecule has 2 amide bonds. The molecule has 0 radical (unpaired) electrons. The first-order valence-electron chi connectivity index (χ1n) is 4.09. The maximum absolute atomic E-state index is 12.1. The van der Waals surface area contributed by atoms with Gasteiger partial charge >= 0.3 is 12.2 Å². The monoisotopic (exact) mass is 218 g/mol. The van der Waals surface area contributed by atoms with Crippen LogP contribution in [0.25, 0.3) is 0 Å². The lowest BCUT2D eigenvalue weighted by molar-refractivity contribution is -0.127. The van der Waals surface area contributed by atoms with E-state index in [4.69, 9.17) is 5.73 Å². The number of alkyl halides is 3. The van der Waals surface area contributed by atoms with E-state index < -0.39 is 18.6 Å². The van der Waals surface area contributed by atoms with Gasteiger partial charge < -0.3 is 11.1 Å². The van der Waals surface area contributed by atoms with Crippen molar-refractivity contribution in [3.05, 3.63) is 29.8 Å². The van der Waals surface area contributed by atoms with Crippen molar-refractivity contribution in [2.24, 2.45) is 5.73 Å². The third kappa shape index (κ3) is 3.88. The highest BCUT2D eigenvalue weighted by molar-refractivity contribution is 5.88. The molecule has 0 aromatic heterocycles. The van der Waals surface area contributed by atoms with Gasteiger partial charge in [0.05, 0.1) is 6.42 Å². The number of nitrogens with one attached hydrogen (secondary N) is 1. The van der Waals surface area contributed by atoms with Crippen molar-refractivity contribution in [3.8, 4) is 0 Å². The van der Waals surface area contributed by atoms with Gasteiger partial charge in [0, 0.05) is 5.69 Å². The highest BCUT2D eigenvalue weighted by Crippen LogP contribution is 2.25. The molecular weight excluding hydrogens is 209 g/mol. The minimum atomic E-state index is -4.31. The molecule has 0 saturated heterocycles. The highest BCUT2D eigenvalue weighted by atomic mass is 19.4. The summed E-state index contributed by atoms with van der Waals surface area (Å²) in [5.74, 6) is 0. The maximum atomic E-state index is 12.1. The fourth-order valence-electron chi connectivity index (χ4n) is 1.15. The summed E-state index contributed by atoms with van der Waals surface area (Å²) < 4.78 is 36.3. The Bertz CT molecular complexity index is 363. The molecule has 1 aromatic rings. The van der Waals surface area contributed by atoms with Crippen molar-refractivity contribution in [1.82, 2.24) is 0 Å². The number of hydrogen-bond donors (Lipinski definition) is 2. The zero-order chi connectivity index (χ0) is 11.5. The molecule has 15 heavy (non-hydrogen) atoms. The SMILES string of the molecule is NC(=O)Nc1ccccc1CC(F)(F)F.